The van der Waals surface area contributed by atoms with Gasteiger partial charge >= 0.3 is 0 Å². The predicted molar refractivity (Wildman–Crippen MR) is 58.8 cm³/mol. The largest absolute Gasteiger partial charge is 0.375 e. The summed E-state index contributed by atoms with van der Waals surface area (Å²) in [6.45, 7) is 0. The first-order chi connectivity index (χ1) is 6.78. The van der Waals surface area contributed by atoms with Crippen LogP contribution in [-0.4, -0.2) is 22.2 Å². The van der Waals surface area contributed by atoms with Crippen LogP contribution in [0.3, 0.4) is 0 Å². The molecule has 0 unspecified atom stereocenters. The lowest BCUT2D eigenvalue weighted by molar-refractivity contribution is 0.986. The molecule has 0 aliphatic heterocycles. The minimum Gasteiger partial charge on any atom is -0.375 e. The second-order valence-corrected chi connectivity index (χ2v) is 4.56. The highest BCUT2D eigenvalue weighted by Crippen LogP contribution is 2.19. The molecule has 5 nitrogen and oxygen atoms in total. The van der Waals surface area contributed by atoms with Gasteiger partial charge < -0.3 is 11.1 Å². The standard InChI is InChI=1S/C7H9N5S2/c1-9-7-12-11-5(14-7)2-4-3-13-6(8)10-4/h3H,2H2,1H3,(H2,8,10)(H,9,12). The fraction of sp³-hybridized carbons (Fsp3) is 0.286. The van der Waals surface area contributed by atoms with Crippen LogP contribution >= 0.6 is 22.7 Å². The molecule has 0 atom stereocenters. The summed E-state index contributed by atoms with van der Waals surface area (Å²) < 4.78 is 0. The summed E-state index contributed by atoms with van der Waals surface area (Å²) in [6, 6.07) is 0. The second-order valence-electron chi connectivity index (χ2n) is 2.60. The Morgan fingerprint density at radius 1 is 1.50 bits per heavy atom. The zero-order valence-electron chi connectivity index (χ0n) is 7.52. The number of anilines is 2. The van der Waals surface area contributed by atoms with Gasteiger partial charge in [-0.15, -0.1) is 21.5 Å². The average molecular weight is 227 g/mol. The van der Waals surface area contributed by atoms with Gasteiger partial charge in [-0.1, -0.05) is 11.3 Å². The SMILES string of the molecule is CNc1nnc(Cc2csc(N)n2)s1. The van der Waals surface area contributed by atoms with E-state index in [0.717, 1.165) is 15.8 Å². The maximum absolute atomic E-state index is 5.53. The van der Waals surface area contributed by atoms with Gasteiger partial charge in [0.2, 0.25) is 5.13 Å². The fourth-order valence-corrected chi connectivity index (χ4v) is 2.26. The Hall–Kier alpha value is -1.21. The topological polar surface area (TPSA) is 76.7 Å². The number of nitrogen functional groups attached to an aromatic ring is 1. The van der Waals surface area contributed by atoms with E-state index < -0.39 is 0 Å². The molecule has 7 heteroatoms. The van der Waals surface area contributed by atoms with Crippen LogP contribution in [0.1, 0.15) is 10.7 Å². The van der Waals surface area contributed by atoms with Gasteiger partial charge in [0.1, 0.15) is 5.01 Å². The van der Waals surface area contributed by atoms with Crippen molar-refractivity contribution in [2.75, 3.05) is 18.1 Å². The Morgan fingerprint density at radius 3 is 2.93 bits per heavy atom. The Balaban J connectivity index is 2.10. The Kier molecular flexibility index (Phi) is 2.60. The number of nitrogens with one attached hydrogen (secondary N) is 1. The molecule has 14 heavy (non-hydrogen) atoms. The van der Waals surface area contributed by atoms with Gasteiger partial charge in [0.25, 0.3) is 0 Å². The molecule has 0 saturated carbocycles. The number of hydrogen-bond acceptors (Lipinski definition) is 7. The highest BCUT2D eigenvalue weighted by molar-refractivity contribution is 7.15. The Morgan fingerprint density at radius 2 is 2.36 bits per heavy atom. The first-order valence-corrected chi connectivity index (χ1v) is 5.67. The zero-order valence-corrected chi connectivity index (χ0v) is 9.15. The molecule has 2 rings (SSSR count). The maximum atomic E-state index is 5.53. The Labute approximate surface area is 89.0 Å². The van der Waals surface area contributed by atoms with Crippen molar-refractivity contribution in [1.82, 2.24) is 15.2 Å². The lowest BCUT2D eigenvalue weighted by atomic mass is 10.4. The maximum Gasteiger partial charge on any atom is 0.205 e. The normalized spacial score (nSPS) is 10.4. The number of aromatic nitrogens is 3. The number of nitrogens with two attached hydrogens (primary N) is 1. The van der Waals surface area contributed by atoms with Gasteiger partial charge in [0.15, 0.2) is 5.13 Å². The van der Waals surface area contributed by atoms with Crippen molar-refractivity contribution < 1.29 is 0 Å². The molecule has 74 valence electrons. The second kappa shape index (κ2) is 3.89. The van der Waals surface area contributed by atoms with Crippen LogP contribution in [0.2, 0.25) is 0 Å². The van der Waals surface area contributed by atoms with Crippen LogP contribution in [0, 0.1) is 0 Å². The third-order valence-corrected chi connectivity index (χ3v) is 3.25. The molecule has 0 spiro atoms. The molecule has 0 aliphatic carbocycles. The molecule has 3 N–H and O–H groups in total. The van der Waals surface area contributed by atoms with Crippen molar-refractivity contribution in [3.63, 3.8) is 0 Å². The molecule has 0 fully saturated rings. The van der Waals surface area contributed by atoms with Crippen LogP contribution < -0.4 is 11.1 Å². The number of rotatable bonds is 3. The third kappa shape index (κ3) is 1.99. The molecular weight excluding hydrogens is 218 g/mol. The minimum atomic E-state index is 0.596. The molecule has 0 aromatic carbocycles. The van der Waals surface area contributed by atoms with Crippen molar-refractivity contribution in [2.24, 2.45) is 0 Å². The number of thiazole rings is 1. The van der Waals surface area contributed by atoms with Crippen molar-refractivity contribution in [3.8, 4) is 0 Å². The van der Waals surface area contributed by atoms with E-state index in [0.29, 0.717) is 11.6 Å². The summed E-state index contributed by atoms with van der Waals surface area (Å²) >= 11 is 2.97. The van der Waals surface area contributed by atoms with E-state index in [9.17, 15) is 0 Å². The molecule has 2 aromatic heterocycles. The summed E-state index contributed by atoms with van der Waals surface area (Å²) in [4.78, 5) is 4.16. The third-order valence-electron chi connectivity index (χ3n) is 1.58. The van der Waals surface area contributed by atoms with E-state index in [1.807, 2.05) is 12.4 Å². The van der Waals surface area contributed by atoms with Gasteiger partial charge in [-0.2, -0.15) is 0 Å². The zero-order chi connectivity index (χ0) is 9.97. The first-order valence-electron chi connectivity index (χ1n) is 3.98. The number of hydrogen-bond donors (Lipinski definition) is 2. The Bertz CT molecular complexity index is 421. The van der Waals surface area contributed by atoms with Crippen LogP contribution in [0.25, 0.3) is 0 Å². The first kappa shape index (κ1) is 9.35. The van der Waals surface area contributed by atoms with Crippen LogP contribution in [0.5, 0.6) is 0 Å². The van der Waals surface area contributed by atoms with Crippen LogP contribution in [0.15, 0.2) is 5.38 Å². The molecule has 2 heterocycles. The van der Waals surface area contributed by atoms with Crippen LogP contribution in [-0.2, 0) is 6.42 Å². The minimum absolute atomic E-state index is 0.596. The van der Waals surface area contributed by atoms with E-state index in [1.54, 1.807) is 0 Å². The van der Waals surface area contributed by atoms with Gasteiger partial charge in [0, 0.05) is 18.8 Å². The summed E-state index contributed by atoms with van der Waals surface area (Å²) in [7, 11) is 1.82. The molecule has 0 aliphatic rings. The van der Waals surface area contributed by atoms with Crippen molar-refractivity contribution >= 4 is 32.9 Å². The molecule has 0 amide bonds. The highest BCUT2D eigenvalue weighted by Gasteiger charge is 2.05. The fourth-order valence-electron chi connectivity index (χ4n) is 0.985. The van der Waals surface area contributed by atoms with E-state index in [2.05, 4.69) is 20.5 Å². The lowest BCUT2D eigenvalue weighted by Crippen LogP contribution is -1.89. The summed E-state index contributed by atoms with van der Waals surface area (Å²) in [5, 5.41) is 15.2. The number of nitrogens with zero attached hydrogens (tertiary/aromatic N) is 3. The van der Waals surface area contributed by atoms with Crippen molar-refractivity contribution in [2.45, 2.75) is 6.42 Å². The molecule has 0 radical (unpaired) electrons. The summed E-state index contributed by atoms with van der Waals surface area (Å²) in [5.41, 5.74) is 6.48. The van der Waals surface area contributed by atoms with Crippen molar-refractivity contribution in [1.29, 1.82) is 0 Å². The van der Waals surface area contributed by atoms with E-state index in [4.69, 9.17) is 5.73 Å². The monoisotopic (exact) mass is 227 g/mol. The van der Waals surface area contributed by atoms with Gasteiger partial charge in [-0.3, -0.25) is 0 Å². The summed E-state index contributed by atoms with van der Waals surface area (Å²) in [5.74, 6) is 0. The lowest BCUT2D eigenvalue weighted by Gasteiger charge is -1.88. The smallest absolute Gasteiger partial charge is 0.205 e. The van der Waals surface area contributed by atoms with Crippen molar-refractivity contribution in [3.05, 3.63) is 16.1 Å². The van der Waals surface area contributed by atoms with Gasteiger partial charge in [0.05, 0.1) is 5.69 Å². The molecular formula is C7H9N5S2. The van der Waals surface area contributed by atoms with E-state index >= 15 is 0 Å². The van der Waals surface area contributed by atoms with Gasteiger partial charge in [-0.25, -0.2) is 4.98 Å². The summed E-state index contributed by atoms with van der Waals surface area (Å²) in [6.07, 6.45) is 0.701. The molecule has 0 bridgehead atoms. The van der Waals surface area contributed by atoms with Crippen LogP contribution in [0.4, 0.5) is 10.3 Å². The van der Waals surface area contributed by atoms with E-state index in [1.165, 1.54) is 22.7 Å². The van der Waals surface area contributed by atoms with E-state index in [-0.39, 0.29) is 0 Å². The molecule has 2 aromatic rings. The quantitative estimate of drug-likeness (QED) is 0.824. The van der Waals surface area contributed by atoms with Gasteiger partial charge in [-0.05, 0) is 0 Å². The highest BCUT2D eigenvalue weighted by atomic mass is 32.1. The molecule has 0 saturated heterocycles. The predicted octanol–water partition coefficient (Wildman–Crippen LogP) is 1.21. The average Bonchev–Trinajstić information content (AvgIpc) is 2.76.